The van der Waals surface area contributed by atoms with E-state index in [2.05, 4.69) is 10.8 Å². The molecule has 0 saturated heterocycles. The molecule has 30 heavy (non-hydrogen) atoms. The maximum atomic E-state index is 11.6. The van der Waals surface area contributed by atoms with Crippen LogP contribution in [0.25, 0.3) is 0 Å². The molecule has 0 radical (unpaired) electrons. The van der Waals surface area contributed by atoms with Gasteiger partial charge in [-0.2, -0.15) is 5.10 Å². The summed E-state index contributed by atoms with van der Waals surface area (Å²) in [4.78, 5) is 0. The molecule has 0 fully saturated rings. The summed E-state index contributed by atoms with van der Waals surface area (Å²) in [6.45, 7) is 0. The van der Waals surface area contributed by atoms with E-state index in [4.69, 9.17) is 9.84 Å². The number of para-hydroxylation sites is 1. The number of nitrogens with one attached hydrogen (secondary N) is 1. The van der Waals surface area contributed by atoms with Crippen molar-refractivity contribution >= 4 is 21.4 Å². The normalized spacial score (nSPS) is 20.0. The van der Waals surface area contributed by atoms with Crippen molar-refractivity contribution in [3.63, 3.8) is 0 Å². The highest BCUT2D eigenvalue weighted by Gasteiger charge is 2.40. The summed E-state index contributed by atoms with van der Waals surface area (Å²) in [6, 6.07) is 25.5. The molecular formula is C23H21N3O3S. The molecule has 1 N–H and O–H groups in total. The van der Waals surface area contributed by atoms with Crippen LogP contribution in [-0.4, -0.2) is 25.4 Å². The van der Waals surface area contributed by atoms with Crippen LogP contribution >= 0.6 is 0 Å². The van der Waals surface area contributed by atoms with E-state index in [9.17, 15) is 8.42 Å². The van der Waals surface area contributed by atoms with Gasteiger partial charge in [-0.15, -0.1) is 0 Å². The van der Waals surface area contributed by atoms with Gasteiger partial charge in [-0.3, -0.25) is 4.72 Å². The van der Waals surface area contributed by atoms with E-state index < -0.39 is 10.0 Å². The first-order valence-electron chi connectivity index (χ1n) is 9.72. The Kier molecular flexibility index (Phi) is 4.47. The number of hydrogen-bond acceptors (Lipinski definition) is 5. The van der Waals surface area contributed by atoms with Crippen LogP contribution in [0.15, 0.2) is 84.0 Å². The van der Waals surface area contributed by atoms with Gasteiger partial charge in [0.25, 0.3) is 0 Å². The van der Waals surface area contributed by atoms with Crippen LogP contribution < -0.4 is 9.46 Å². The molecule has 7 heteroatoms. The van der Waals surface area contributed by atoms with Crippen LogP contribution in [0.4, 0.5) is 5.69 Å². The van der Waals surface area contributed by atoms with E-state index in [1.807, 2.05) is 71.7 Å². The number of benzene rings is 3. The molecule has 6 nitrogen and oxygen atoms in total. The van der Waals surface area contributed by atoms with E-state index in [-0.39, 0.29) is 12.3 Å². The Morgan fingerprint density at radius 2 is 1.77 bits per heavy atom. The third-order valence-corrected chi connectivity index (χ3v) is 5.89. The summed E-state index contributed by atoms with van der Waals surface area (Å²) in [7, 11) is -3.34. The van der Waals surface area contributed by atoms with Gasteiger partial charge in [-0.1, -0.05) is 60.7 Å². The quantitative estimate of drug-likeness (QED) is 0.684. The lowest BCUT2D eigenvalue weighted by atomic mass is 9.96. The molecule has 0 unspecified atom stereocenters. The Morgan fingerprint density at radius 3 is 2.57 bits per heavy atom. The predicted octanol–water partition coefficient (Wildman–Crippen LogP) is 4.30. The number of fused-ring (bicyclic) bond motifs is 3. The smallest absolute Gasteiger partial charge is 0.229 e. The lowest BCUT2D eigenvalue weighted by molar-refractivity contribution is -0.0190. The van der Waals surface area contributed by atoms with Crippen molar-refractivity contribution in [3.8, 4) is 5.75 Å². The minimum atomic E-state index is -3.34. The topological polar surface area (TPSA) is 71.0 Å². The zero-order chi connectivity index (χ0) is 20.7. The van der Waals surface area contributed by atoms with Gasteiger partial charge in [0.1, 0.15) is 5.75 Å². The van der Waals surface area contributed by atoms with Crippen molar-refractivity contribution in [2.75, 3.05) is 11.0 Å². The van der Waals surface area contributed by atoms with Crippen LogP contribution in [0.3, 0.4) is 0 Å². The molecule has 152 valence electrons. The highest BCUT2D eigenvalue weighted by atomic mass is 32.2. The number of sulfonamides is 1. The molecule has 0 bridgehead atoms. The largest absolute Gasteiger partial charge is 0.464 e. The highest BCUT2D eigenvalue weighted by molar-refractivity contribution is 7.92. The molecule has 0 spiro atoms. The van der Waals surface area contributed by atoms with Crippen LogP contribution in [0.2, 0.25) is 0 Å². The zero-order valence-electron chi connectivity index (χ0n) is 16.4. The van der Waals surface area contributed by atoms with E-state index >= 15 is 0 Å². The fourth-order valence-electron chi connectivity index (χ4n) is 4.02. The molecule has 0 aliphatic carbocycles. The second-order valence-corrected chi connectivity index (χ2v) is 9.27. The molecule has 2 aliphatic heterocycles. The molecule has 2 aliphatic rings. The molecular weight excluding hydrogens is 398 g/mol. The van der Waals surface area contributed by atoms with Gasteiger partial charge >= 0.3 is 0 Å². The van der Waals surface area contributed by atoms with Gasteiger partial charge in [0, 0.05) is 23.2 Å². The average Bonchev–Trinajstić information content (AvgIpc) is 3.19. The second kappa shape index (κ2) is 7.18. The summed E-state index contributed by atoms with van der Waals surface area (Å²) < 4.78 is 32.1. The lowest BCUT2D eigenvalue weighted by Crippen LogP contribution is -2.33. The van der Waals surface area contributed by atoms with Gasteiger partial charge in [0.15, 0.2) is 0 Å². The summed E-state index contributed by atoms with van der Waals surface area (Å²) in [5.74, 6) is 0.872. The van der Waals surface area contributed by atoms with Crippen molar-refractivity contribution in [3.05, 3.63) is 95.6 Å². The average molecular weight is 420 g/mol. The van der Waals surface area contributed by atoms with Gasteiger partial charge in [0.05, 0.1) is 18.0 Å². The van der Waals surface area contributed by atoms with Crippen LogP contribution in [-0.2, 0) is 10.0 Å². The number of anilines is 1. The van der Waals surface area contributed by atoms with Crippen molar-refractivity contribution < 1.29 is 13.2 Å². The molecule has 3 aromatic rings. The fourth-order valence-corrected chi connectivity index (χ4v) is 4.58. The third-order valence-electron chi connectivity index (χ3n) is 5.28. The van der Waals surface area contributed by atoms with E-state index in [0.717, 1.165) is 34.4 Å². The highest BCUT2D eigenvalue weighted by Crippen LogP contribution is 2.47. The molecule has 2 heterocycles. The van der Waals surface area contributed by atoms with Crippen LogP contribution in [0.1, 0.15) is 35.4 Å². The Morgan fingerprint density at radius 1 is 1.00 bits per heavy atom. The fraction of sp³-hybridized carbons (Fsp3) is 0.174. The standard InChI is InChI=1S/C23H21N3O3S/c1-30(27,28)25-18-11-7-10-17(14-18)20-15-21-19-12-5-6-13-22(19)29-23(26(21)24-20)16-8-3-2-4-9-16/h2-14,21,23,25H,15H2,1H3/t21-,23-/m0/s1. The molecule has 5 rings (SSSR count). The Hall–Kier alpha value is -3.32. The maximum Gasteiger partial charge on any atom is 0.229 e. The first kappa shape index (κ1) is 18.7. The predicted molar refractivity (Wildman–Crippen MR) is 117 cm³/mol. The molecule has 2 atom stereocenters. The second-order valence-electron chi connectivity index (χ2n) is 7.52. The first-order valence-corrected chi connectivity index (χ1v) is 11.6. The minimum Gasteiger partial charge on any atom is -0.464 e. The Labute approximate surface area is 175 Å². The van der Waals surface area contributed by atoms with Crippen LogP contribution in [0.5, 0.6) is 5.75 Å². The molecule has 0 saturated carbocycles. The van der Waals surface area contributed by atoms with E-state index in [1.165, 1.54) is 0 Å². The number of hydrazone groups is 1. The first-order chi connectivity index (χ1) is 14.5. The van der Waals surface area contributed by atoms with Gasteiger partial charge in [-0.25, -0.2) is 13.4 Å². The van der Waals surface area contributed by atoms with E-state index in [1.54, 1.807) is 6.07 Å². The van der Waals surface area contributed by atoms with Crippen LogP contribution in [0, 0.1) is 0 Å². The van der Waals surface area contributed by atoms with Gasteiger partial charge < -0.3 is 4.74 Å². The molecule has 3 aromatic carbocycles. The van der Waals surface area contributed by atoms with E-state index in [0.29, 0.717) is 12.1 Å². The van der Waals surface area contributed by atoms with Gasteiger partial charge in [-0.05, 0) is 23.8 Å². The SMILES string of the molecule is CS(=O)(=O)Nc1cccc(C2=NN3[C@@H](C2)c2ccccc2O[C@H]3c2ccccc2)c1. The van der Waals surface area contributed by atoms with Crippen molar-refractivity contribution in [1.29, 1.82) is 0 Å². The summed E-state index contributed by atoms with van der Waals surface area (Å²) >= 11 is 0. The molecule has 0 aromatic heterocycles. The monoisotopic (exact) mass is 419 g/mol. The number of hydrogen-bond donors (Lipinski definition) is 1. The van der Waals surface area contributed by atoms with Crippen molar-refractivity contribution in [2.24, 2.45) is 5.10 Å². The summed E-state index contributed by atoms with van der Waals surface area (Å²) in [5, 5.41) is 6.94. The summed E-state index contributed by atoms with van der Waals surface area (Å²) in [5.41, 5.74) is 4.46. The Balaban J connectivity index is 1.54. The summed E-state index contributed by atoms with van der Waals surface area (Å²) in [6.07, 6.45) is 1.54. The van der Waals surface area contributed by atoms with Gasteiger partial charge in [0.2, 0.25) is 16.3 Å². The van der Waals surface area contributed by atoms with Crippen molar-refractivity contribution in [2.45, 2.75) is 18.7 Å². The third kappa shape index (κ3) is 3.52. The van der Waals surface area contributed by atoms with Crippen molar-refractivity contribution in [1.82, 2.24) is 5.01 Å². The molecule has 0 amide bonds. The number of ether oxygens (including phenoxy) is 1. The maximum absolute atomic E-state index is 11.6. The number of rotatable bonds is 4. The lowest BCUT2D eigenvalue weighted by Gasteiger charge is -2.38. The number of nitrogens with zero attached hydrogens (tertiary/aromatic N) is 2. The minimum absolute atomic E-state index is 0.0571. The Bertz CT molecular complexity index is 1230. The zero-order valence-corrected chi connectivity index (χ0v) is 17.2.